The number of amides is 1. The Hall–Kier alpha value is -2.36. The lowest BCUT2D eigenvalue weighted by Crippen LogP contribution is -2.38. The maximum atomic E-state index is 13.3. The van der Waals surface area contributed by atoms with Crippen LogP contribution in [0.1, 0.15) is 36.0 Å². The summed E-state index contributed by atoms with van der Waals surface area (Å²) in [6.45, 7) is 0. The third-order valence-electron chi connectivity index (χ3n) is 4.60. The molecular weight excluding hydrogens is 390 g/mol. The van der Waals surface area contributed by atoms with Crippen LogP contribution in [0, 0.1) is 11.6 Å². The number of benzene rings is 2. The molecule has 6 nitrogen and oxygen atoms in total. The van der Waals surface area contributed by atoms with E-state index in [9.17, 15) is 27.1 Å². The first-order chi connectivity index (χ1) is 13.2. The van der Waals surface area contributed by atoms with Crippen molar-refractivity contribution >= 4 is 21.6 Å². The molecule has 3 N–H and O–H groups in total. The third kappa shape index (κ3) is 4.92. The number of aliphatic hydroxyl groups excluding tert-OH is 1. The molecule has 1 aliphatic carbocycles. The third-order valence-corrected chi connectivity index (χ3v) is 6.12. The molecule has 1 fully saturated rings. The summed E-state index contributed by atoms with van der Waals surface area (Å²) in [6, 6.07) is 8.10. The van der Waals surface area contributed by atoms with Crippen LogP contribution < -0.4 is 10.0 Å². The summed E-state index contributed by atoms with van der Waals surface area (Å²) in [5.74, 6) is -2.79. The van der Waals surface area contributed by atoms with Crippen molar-refractivity contribution in [3.63, 3.8) is 0 Å². The zero-order valence-electron chi connectivity index (χ0n) is 14.9. The molecule has 150 valence electrons. The summed E-state index contributed by atoms with van der Waals surface area (Å²) < 4.78 is 54.1. The topological polar surface area (TPSA) is 95.5 Å². The van der Waals surface area contributed by atoms with Gasteiger partial charge in [-0.1, -0.05) is 6.07 Å². The van der Waals surface area contributed by atoms with E-state index in [4.69, 9.17) is 0 Å². The Labute approximate surface area is 161 Å². The van der Waals surface area contributed by atoms with E-state index in [2.05, 4.69) is 10.0 Å². The van der Waals surface area contributed by atoms with Gasteiger partial charge in [0.1, 0.15) is 0 Å². The molecule has 2 aromatic rings. The summed E-state index contributed by atoms with van der Waals surface area (Å²) in [4.78, 5) is 12.3. The molecule has 0 spiro atoms. The van der Waals surface area contributed by atoms with Crippen molar-refractivity contribution in [1.29, 1.82) is 0 Å². The molecule has 0 aliphatic heterocycles. The van der Waals surface area contributed by atoms with Crippen LogP contribution in [-0.2, 0) is 10.0 Å². The van der Waals surface area contributed by atoms with Crippen molar-refractivity contribution < 1.29 is 27.1 Å². The number of anilines is 1. The highest BCUT2D eigenvalue weighted by Gasteiger charge is 2.25. The first-order valence-electron chi connectivity index (χ1n) is 8.81. The van der Waals surface area contributed by atoms with E-state index in [-0.39, 0.29) is 22.2 Å². The van der Waals surface area contributed by atoms with Crippen LogP contribution >= 0.6 is 0 Å². The van der Waals surface area contributed by atoms with Gasteiger partial charge >= 0.3 is 0 Å². The summed E-state index contributed by atoms with van der Waals surface area (Å²) in [6.07, 6.45) is 1.74. The van der Waals surface area contributed by atoms with Crippen molar-refractivity contribution in [1.82, 2.24) is 4.72 Å². The highest BCUT2D eigenvalue weighted by atomic mass is 32.2. The van der Waals surface area contributed by atoms with Crippen molar-refractivity contribution in [3.05, 3.63) is 59.7 Å². The van der Waals surface area contributed by atoms with Gasteiger partial charge in [0.15, 0.2) is 11.6 Å². The zero-order chi connectivity index (χ0) is 20.3. The standard InChI is InChI=1S/C19H20F2N2O4S/c20-17-9-6-14(11-18(17)21)22-19(25)12-2-1-3-16(10-12)28(26,27)23-13-4-7-15(24)8-5-13/h1-3,6,9-11,13,15,23-24H,4-5,7-8H2,(H,22,25). The van der Waals surface area contributed by atoms with Crippen LogP contribution in [0.3, 0.4) is 0 Å². The van der Waals surface area contributed by atoms with E-state index in [1.165, 1.54) is 30.3 Å². The average molecular weight is 410 g/mol. The second-order valence-electron chi connectivity index (χ2n) is 6.74. The lowest BCUT2D eigenvalue weighted by molar-refractivity contribution is 0.102. The Morgan fingerprint density at radius 3 is 2.39 bits per heavy atom. The second kappa shape index (κ2) is 8.34. The van der Waals surface area contributed by atoms with E-state index in [0.717, 1.165) is 12.1 Å². The van der Waals surface area contributed by atoms with E-state index in [0.29, 0.717) is 25.7 Å². The van der Waals surface area contributed by atoms with Crippen LogP contribution in [0.5, 0.6) is 0 Å². The Kier molecular flexibility index (Phi) is 6.07. The van der Waals surface area contributed by atoms with Crippen LogP contribution in [0.2, 0.25) is 0 Å². The fourth-order valence-corrected chi connectivity index (χ4v) is 4.41. The van der Waals surface area contributed by atoms with Gasteiger partial charge in [-0.05, 0) is 56.0 Å². The fraction of sp³-hybridized carbons (Fsp3) is 0.316. The van der Waals surface area contributed by atoms with Gasteiger partial charge < -0.3 is 10.4 Å². The van der Waals surface area contributed by atoms with Gasteiger partial charge in [0.2, 0.25) is 10.0 Å². The number of rotatable bonds is 5. The number of hydrogen-bond donors (Lipinski definition) is 3. The molecule has 1 amide bonds. The minimum Gasteiger partial charge on any atom is -0.393 e. The van der Waals surface area contributed by atoms with Crippen molar-refractivity contribution in [2.75, 3.05) is 5.32 Å². The minimum atomic E-state index is -3.84. The zero-order valence-corrected chi connectivity index (χ0v) is 15.7. The number of nitrogens with one attached hydrogen (secondary N) is 2. The van der Waals surface area contributed by atoms with Crippen LogP contribution in [0.25, 0.3) is 0 Å². The molecule has 0 unspecified atom stereocenters. The van der Waals surface area contributed by atoms with Crippen LogP contribution in [-0.4, -0.2) is 31.6 Å². The van der Waals surface area contributed by atoms with Gasteiger partial charge in [-0.15, -0.1) is 0 Å². The lowest BCUT2D eigenvalue weighted by atomic mass is 9.94. The lowest BCUT2D eigenvalue weighted by Gasteiger charge is -2.26. The number of aliphatic hydroxyl groups is 1. The number of halogens is 2. The Balaban J connectivity index is 1.73. The maximum absolute atomic E-state index is 13.3. The molecule has 0 radical (unpaired) electrons. The number of carbonyl (C=O) groups excluding carboxylic acids is 1. The van der Waals surface area contributed by atoms with Gasteiger partial charge in [0.05, 0.1) is 11.0 Å². The minimum absolute atomic E-state index is 0.0519. The van der Waals surface area contributed by atoms with Gasteiger partial charge in [0.25, 0.3) is 5.91 Å². The van der Waals surface area contributed by atoms with Gasteiger partial charge in [-0.25, -0.2) is 21.9 Å². The van der Waals surface area contributed by atoms with Crippen molar-refractivity contribution in [3.8, 4) is 0 Å². The molecule has 9 heteroatoms. The SMILES string of the molecule is O=C(Nc1ccc(F)c(F)c1)c1cccc(S(=O)(=O)NC2CCC(O)CC2)c1. The van der Waals surface area contributed by atoms with Gasteiger partial charge in [0, 0.05) is 23.4 Å². The molecule has 3 rings (SSSR count). The average Bonchev–Trinajstić information content (AvgIpc) is 2.66. The smallest absolute Gasteiger partial charge is 0.255 e. The molecule has 0 atom stereocenters. The quantitative estimate of drug-likeness (QED) is 0.706. The summed E-state index contributed by atoms with van der Waals surface area (Å²) in [5, 5.41) is 11.9. The normalized spacial score (nSPS) is 20.0. The largest absolute Gasteiger partial charge is 0.393 e. The van der Waals surface area contributed by atoms with Crippen molar-refractivity contribution in [2.45, 2.75) is 42.7 Å². The predicted octanol–water partition coefficient (Wildman–Crippen LogP) is 2.80. The molecule has 28 heavy (non-hydrogen) atoms. The molecule has 2 aromatic carbocycles. The monoisotopic (exact) mass is 410 g/mol. The molecule has 0 bridgehead atoms. The number of hydrogen-bond acceptors (Lipinski definition) is 4. The van der Waals surface area contributed by atoms with E-state index >= 15 is 0 Å². The predicted molar refractivity (Wildman–Crippen MR) is 99.3 cm³/mol. The molecule has 1 aliphatic rings. The summed E-state index contributed by atoms with van der Waals surface area (Å²) in [7, 11) is -3.84. The maximum Gasteiger partial charge on any atom is 0.255 e. The highest BCUT2D eigenvalue weighted by Crippen LogP contribution is 2.21. The molecule has 1 saturated carbocycles. The second-order valence-corrected chi connectivity index (χ2v) is 8.45. The first kappa shape index (κ1) is 20.4. The molecule has 0 aromatic heterocycles. The number of sulfonamides is 1. The summed E-state index contributed by atoms with van der Waals surface area (Å²) >= 11 is 0. The number of carbonyl (C=O) groups is 1. The van der Waals surface area contributed by atoms with E-state index < -0.39 is 33.7 Å². The van der Waals surface area contributed by atoms with Crippen molar-refractivity contribution in [2.24, 2.45) is 0 Å². The fourth-order valence-electron chi connectivity index (χ4n) is 3.06. The molecular formula is C19H20F2N2O4S. The highest BCUT2D eigenvalue weighted by molar-refractivity contribution is 7.89. The Bertz CT molecular complexity index is 974. The van der Waals surface area contributed by atoms with E-state index in [1.807, 2.05) is 0 Å². The Morgan fingerprint density at radius 1 is 1.00 bits per heavy atom. The van der Waals surface area contributed by atoms with E-state index in [1.54, 1.807) is 0 Å². The summed E-state index contributed by atoms with van der Waals surface area (Å²) in [5.41, 5.74) is 0.114. The van der Waals surface area contributed by atoms with Gasteiger partial charge in [-0.2, -0.15) is 0 Å². The van der Waals surface area contributed by atoms with Crippen LogP contribution in [0.15, 0.2) is 47.4 Å². The Morgan fingerprint density at radius 2 is 1.71 bits per heavy atom. The van der Waals surface area contributed by atoms with Crippen LogP contribution in [0.4, 0.5) is 14.5 Å². The van der Waals surface area contributed by atoms with Gasteiger partial charge in [-0.3, -0.25) is 4.79 Å². The molecule has 0 saturated heterocycles. The first-order valence-corrected chi connectivity index (χ1v) is 10.3. The molecule has 0 heterocycles.